The topological polar surface area (TPSA) is 45.2 Å². The van der Waals surface area contributed by atoms with Crippen LogP contribution < -0.4 is 5.32 Å². The molecule has 1 fully saturated rings. The molecule has 1 aromatic heterocycles. The number of carbonyl (C=O) groups is 1. The molecular weight excluding hydrogens is 305 g/mol. The van der Waals surface area contributed by atoms with Gasteiger partial charge in [-0.25, -0.2) is 4.98 Å². The largest absolute Gasteiger partial charge is 0.340 e. The van der Waals surface area contributed by atoms with Crippen molar-refractivity contribution < 1.29 is 4.79 Å². The van der Waals surface area contributed by atoms with Gasteiger partial charge in [-0.15, -0.1) is 36.2 Å². The third kappa shape index (κ3) is 4.31. The van der Waals surface area contributed by atoms with E-state index < -0.39 is 0 Å². The van der Waals surface area contributed by atoms with Crippen molar-refractivity contribution >= 4 is 42.1 Å². The second-order valence-corrected chi connectivity index (χ2v) is 5.70. The van der Waals surface area contributed by atoms with Crippen LogP contribution in [0.2, 0.25) is 0 Å². The van der Waals surface area contributed by atoms with Gasteiger partial charge >= 0.3 is 0 Å². The third-order valence-corrected chi connectivity index (χ3v) is 4.43. The van der Waals surface area contributed by atoms with Crippen LogP contribution in [0.3, 0.4) is 0 Å². The van der Waals surface area contributed by atoms with E-state index in [2.05, 4.69) is 10.3 Å². The van der Waals surface area contributed by atoms with Crippen LogP contribution in [0.4, 0.5) is 0 Å². The van der Waals surface area contributed by atoms with E-state index in [-0.39, 0.29) is 36.6 Å². The Hall–Kier alpha value is -0.360. The molecule has 2 heterocycles. The number of thiazole rings is 1. The van der Waals surface area contributed by atoms with E-state index in [1.54, 1.807) is 11.3 Å². The summed E-state index contributed by atoms with van der Waals surface area (Å²) in [7, 11) is 1.88. The Morgan fingerprint density at radius 1 is 1.58 bits per heavy atom. The van der Waals surface area contributed by atoms with Crippen molar-refractivity contribution in [3.8, 4) is 0 Å². The van der Waals surface area contributed by atoms with Crippen LogP contribution in [-0.2, 0) is 11.3 Å². The fourth-order valence-electron chi connectivity index (χ4n) is 1.99. The molecule has 0 aliphatic carbocycles. The average Bonchev–Trinajstić information content (AvgIpc) is 2.60. The molecule has 0 spiro atoms. The second kappa shape index (κ2) is 8.04. The fraction of sp³-hybridized carbons (Fsp3) is 0.667. The fourth-order valence-corrected chi connectivity index (χ4v) is 2.81. The molecular formula is C12H21Cl2N3OS. The van der Waals surface area contributed by atoms with E-state index in [4.69, 9.17) is 0 Å². The van der Waals surface area contributed by atoms with Crippen molar-refractivity contribution in [2.24, 2.45) is 11.8 Å². The van der Waals surface area contributed by atoms with Crippen LogP contribution in [0.15, 0.2) is 5.51 Å². The molecule has 0 radical (unpaired) electrons. The predicted octanol–water partition coefficient (Wildman–Crippen LogP) is 2.11. The lowest BCUT2D eigenvalue weighted by atomic mass is 9.88. The number of nitrogens with zero attached hydrogens (tertiary/aromatic N) is 2. The van der Waals surface area contributed by atoms with E-state index in [0.29, 0.717) is 12.5 Å². The van der Waals surface area contributed by atoms with Crippen molar-refractivity contribution in [1.29, 1.82) is 0 Å². The van der Waals surface area contributed by atoms with Crippen LogP contribution in [0.25, 0.3) is 0 Å². The smallest absolute Gasteiger partial charge is 0.225 e. The van der Waals surface area contributed by atoms with E-state index in [9.17, 15) is 4.79 Å². The van der Waals surface area contributed by atoms with Crippen LogP contribution in [0.1, 0.15) is 17.5 Å². The number of hydrogen-bond acceptors (Lipinski definition) is 4. The van der Waals surface area contributed by atoms with E-state index in [1.807, 2.05) is 31.3 Å². The molecule has 1 saturated heterocycles. The average molecular weight is 326 g/mol. The second-order valence-electron chi connectivity index (χ2n) is 4.76. The van der Waals surface area contributed by atoms with Crippen LogP contribution >= 0.6 is 36.2 Å². The number of nitrogens with one attached hydrogen (secondary N) is 1. The summed E-state index contributed by atoms with van der Waals surface area (Å²) in [6.45, 7) is 6.65. The maximum absolute atomic E-state index is 12.2. The van der Waals surface area contributed by atoms with Gasteiger partial charge in [0.05, 0.1) is 17.7 Å². The van der Waals surface area contributed by atoms with Crippen molar-refractivity contribution in [2.75, 3.05) is 20.1 Å². The molecule has 0 saturated carbocycles. The van der Waals surface area contributed by atoms with Crippen LogP contribution in [0.5, 0.6) is 0 Å². The molecule has 1 atom stereocenters. The highest BCUT2D eigenvalue weighted by molar-refractivity contribution is 7.09. The SMILES string of the molecule is Cc1ncsc1CN(C)C(=O)C(C)C1CNC1.Cl.Cl. The molecule has 1 amide bonds. The molecule has 19 heavy (non-hydrogen) atoms. The van der Waals surface area contributed by atoms with Gasteiger partial charge in [-0.2, -0.15) is 0 Å². The molecule has 110 valence electrons. The standard InChI is InChI=1S/C12H19N3OS.2ClH/c1-8(10-4-13-5-10)12(16)15(3)6-11-9(2)14-7-17-11;;/h7-8,10,13H,4-6H2,1-3H3;2*1H. The number of halogens is 2. The Kier molecular flexibility index (Phi) is 7.89. The van der Waals surface area contributed by atoms with Crippen molar-refractivity contribution in [3.63, 3.8) is 0 Å². The van der Waals surface area contributed by atoms with Gasteiger partial charge in [0.25, 0.3) is 0 Å². The molecule has 4 nitrogen and oxygen atoms in total. The third-order valence-electron chi connectivity index (χ3n) is 3.51. The molecule has 1 unspecified atom stereocenters. The monoisotopic (exact) mass is 325 g/mol. The van der Waals surface area contributed by atoms with Gasteiger partial charge in [-0.1, -0.05) is 6.92 Å². The van der Waals surface area contributed by atoms with Crippen LogP contribution in [-0.4, -0.2) is 35.9 Å². The van der Waals surface area contributed by atoms with Gasteiger partial charge in [-0.05, 0) is 25.9 Å². The van der Waals surface area contributed by atoms with Gasteiger partial charge < -0.3 is 10.2 Å². The summed E-state index contributed by atoms with van der Waals surface area (Å²) >= 11 is 1.62. The summed E-state index contributed by atoms with van der Waals surface area (Å²) in [5.41, 5.74) is 2.87. The quantitative estimate of drug-likeness (QED) is 0.922. The van der Waals surface area contributed by atoms with Gasteiger partial charge in [0.15, 0.2) is 0 Å². The summed E-state index contributed by atoms with van der Waals surface area (Å²) in [6, 6.07) is 0. The molecule has 1 aliphatic heterocycles. The number of carbonyl (C=O) groups excluding carboxylic acids is 1. The Morgan fingerprint density at radius 2 is 2.21 bits per heavy atom. The summed E-state index contributed by atoms with van der Waals surface area (Å²) < 4.78 is 0. The first-order chi connectivity index (χ1) is 8.09. The Morgan fingerprint density at radius 3 is 2.63 bits per heavy atom. The minimum atomic E-state index is 0. The number of aromatic nitrogens is 1. The highest BCUT2D eigenvalue weighted by Gasteiger charge is 2.30. The first kappa shape index (κ1) is 18.6. The predicted molar refractivity (Wildman–Crippen MR) is 83.3 cm³/mol. The summed E-state index contributed by atoms with van der Waals surface area (Å²) in [5, 5.41) is 3.21. The lowest BCUT2D eigenvalue weighted by Crippen LogP contribution is -2.49. The zero-order valence-corrected chi connectivity index (χ0v) is 13.8. The Balaban J connectivity index is 0.00000162. The number of amides is 1. The van der Waals surface area contributed by atoms with Gasteiger partial charge in [0, 0.05) is 17.8 Å². The lowest BCUT2D eigenvalue weighted by molar-refractivity contribution is -0.136. The molecule has 0 bridgehead atoms. The first-order valence-electron chi connectivity index (χ1n) is 5.94. The van der Waals surface area contributed by atoms with Crippen molar-refractivity contribution in [2.45, 2.75) is 20.4 Å². The zero-order chi connectivity index (χ0) is 12.4. The molecule has 7 heteroatoms. The molecule has 0 aromatic carbocycles. The summed E-state index contributed by atoms with van der Waals surface area (Å²) in [6.07, 6.45) is 0. The lowest BCUT2D eigenvalue weighted by Gasteiger charge is -2.33. The molecule has 2 rings (SSSR count). The minimum absolute atomic E-state index is 0. The highest BCUT2D eigenvalue weighted by Crippen LogP contribution is 2.20. The highest BCUT2D eigenvalue weighted by atomic mass is 35.5. The zero-order valence-electron chi connectivity index (χ0n) is 11.4. The Labute approximate surface area is 130 Å². The van der Waals surface area contributed by atoms with E-state index >= 15 is 0 Å². The van der Waals surface area contributed by atoms with Crippen molar-refractivity contribution in [1.82, 2.24) is 15.2 Å². The summed E-state index contributed by atoms with van der Waals surface area (Å²) in [4.78, 5) is 19.4. The minimum Gasteiger partial charge on any atom is -0.340 e. The van der Waals surface area contributed by atoms with Crippen LogP contribution in [0, 0.1) is 18.8 Å². The maximum Gasteiger partial charge on any atom is 0.225 e. The van der Waals surface area contributed by atoms with E-state index in [1.165, 1.54) is 4.88 Å². The van der Waals surface area contributed by atoms with Crippen molar-refractivity contribution in [3.05, 3.63) is 16.1 Å². The van der Waals surface area contributed by atoms with Gasteiger partial charge in [0.1, 0.15) is 0 Å². The number of hydrogen-bond donors (Lipinski definition) is 1. The van der Waals surface area contributed by atoms with Gasteiger partial charge in [0.2, 0.25) is 5.91 Å². The molecule has 1 aromatic rings. The Bertz CT molecular complexity index is 409. The molecule has 1 N–H and O–H groups in total. The van der Waals surface area contributed by atoms with Gasteiger partial charge in [-0.3, -0.25) is 4.79 Å². The first-order valence-corrected chi connectivity index (χ1v) is 6.82. The summed E-state index contributed by atoms with van der Waals surface area (Å²) in [5.74, 6) is 0.867. The number of aryl methyl sites for hydroxylation is 1. The maximum atomic E-state index is 12.2. The normalized spacial score (nSPS) is 15.7. The molecule has 1 aliphatic rings. The van der Waals surface area contributed by atoms with E-state index in [0.717, 1.165) is 18.8 Å². The number of rotatable bonds is 4.